The molecule has 21 heavy (non-hydrogen) atoms. The van der Waals surface area contributed by atoms with E-state index >= 15 is 0 Å². The molecular formula is C18H24O3. The molecule has 114 valence electrons. The number of hydrogen-bond acceptors (Lipinski definition) is 3. The Morgan fingerprint density at radius 3 is 2.52 bits per heavy atom. The van der Waals surface area contributed by atoms with Crippen molar-refractivity contribution in [1.29, 1.82) is 0 Å². The molecule has 0 bridgehead atoms. The first-order chi connectivity index (χ1) is 9.94. The summed E-state index contributed by atoms with van der Waals surface area (Å²) in [4.78, 5) is 0. The highest BCUT2D eigenvalue weighted by Gasteiger charge is 2.18. The van der Waals surface area contributed by atoms with Crippen molar-refractivity contribution in [2.75, 3.05) is 13.7 Å². The maximum absolute atomic E-state index is 9.96. The van der Waals surface area contributed by atoms with E-state index in [1.165, 1.54) is 0 Å². The molecule has 0 aromatic heterocycles. The van der Waals surface area contributed by atoms with Gasteiger partial charge in [-0.2, -0.15) is 0 Å². The normalized spacial score (nSPS) is 13.4. The van der Waals surface area contributed by atoms with Gasteiger partial charge in [0, 0.05) is 24.5 Å². The zero-order valence-corrected chi connectivity index (χ0v) is 13.2. The highest BCUT2D eigenvalue weighted by Crippen LogP contribution is 2.34. The average molecular weight is 288 g/mol. The largest absolute Gasteiger partial charge is 0.492 e. The van der Waals surface area contributed by atoms with Crippen molar-refractivity contribution >= 4 is 10.8 Å². The second-order valence-corrected chi connectivity index (χ2v) is 5.94. The molecule has 0 aliphatic rings. The zero-order chi connectivity index (χ0) is 15.5. The molecule has 0 amide bonds. The molecule has 2 aromatic rings. The molecule has 2 rings (SSSR count). The van der Waals surface area contributed by atoms with Gasteiger partial charge in [-0.25, -0.2) is 0 Å². The number of methoxy groups -OCH3 is 1. The Morgan fingerprint density at radius 1 is 1.14 bits per heavy atom. The van der Waals surface area contributed by atoms with Crippen LogP contribution in [0.25, 0.3) is 10.8 Å². The predicted octanol–water partition coefficient (Wildman–Crippen LogP) is 4.09. The number of aliphatic hydroxyl groups is 1. The Kier molecular flexibility index (Phi) is 4.86. The second kappa shape index (κ2) is 6.46. The minimum absolute atomic E-state index is 0.213. The Bertz CT molecular complexity index is 602. The number of benzene rings is 2. The van der Waals surface area contributed by atoms with Crippen LogP contribution in [0, 0.1) is 0 Å². The van der Waals surface area contributed by atoms with E-state index in [9.17, 15) is 5.11 Å². The van der Waals surface area contributed by atoms with Gasteiger partial charge < -0.3 is 14.6 Å². The summed E-state index contributed by atoms with van der Waals surface area (Å²) in [6.07, 6.45) is 0.228. The molecule has 3 heteroatoms. The Labute approximate surface area is 126 Å². The first-order valence-corrected chi connectivity index (χ1v) is 7.32. The van der Waals surface area contributed by atoms with Crippen LogP contribution in [0.15, 0.2) is 36.4 Å². The van der Waals surface area contributed by atoms with E-state index in [1.807, 2.05) is 50.2 Å². The van der Waals surface area contributed by atoms with E-state index < -0.39 is 6.10 Å². The van der Waals surface area contributed by atoms with E-state index in [2.05, 4.69) is 0 Å². The monoisotopic (exact) mass is 288 g/mol. The summed E-state index contributed by atoms with van der Waals surface area (Å²) in [6.45, 7) is 6.38. The van der Waals surface area contributed by atoms with Gasteiger partial charge >= 0.3 is 0 Å². The maximum Gasteiger partial charge on any atom is 0.132 e. The number of aliphatic hydroxyl groups excluding tert-OH is 1. The molecule has 0 saturated heterocycles. The summed E-state index contributed by atoms with van der Waals surface area (Å²) < 4.78 is 11.4. The second-order valence-electron chi connectivity index (χ2n) is 5.94. The summed E-state index contributed by atoms with van der Waals surface area (Å²) in [5.41, 5.74) is 0.610. The Hall–Kier alpha value is -1.58. The topological polar surface area (TPSA) is 38.7 Å². The van der Waals surface area contributed by atoms with Gasteiger partial charge in [-0.1, -0.05) is 36.4 Å². The van der Waals surface area contributed by atoms with Gasteiger partial charge in [0.2, 0.25) is 0 Å². The van der Waals surface area contributed by atoms with E-state index in [0.717, 1.165) is 28.5 Å². The number of hydrogen-bond donors (Lipinski definition) is 1. The molecule has 1 N–H and O–H groups in total. The average Bonchev–Trinajstić information content (AvgIpc) is 2.47. The molecule has 0 fully saturated rings. The lowest BCUT2D eigenvalue weighted by Gasteiger charge is -2.23. The van der Waals surface area contributed by atoms with Crippen LogP contribution in [0.4, 0.5) is 0 Å². The van der Waals surface area contributed by atoms with Crippen LogP contribution in [0.2, 0.25) is 0 Å². The van der Waals surface area contributed by atoms with Gasteiger partial charge in [-0.05, 0) is 26.2 Å². The van der Waals surface area contributed by atoms with Crippen LogP contribution in [0.5, 0.6) is 5.75 Å². The lowest BCUT2D eigenvalue weighted by molar-refractivity contribution is 0.00536. The van der Waals surface area contributed by atoms with Crippen molar-refractivity contribution in [3.8, 4) is 5.75 Å². The smallest absolute Gasteiger partial charge is 0.132 e. The van der Waals surface area contributed by atoms with Crippen molar-refractivity contribution < 1.29 is 14.6 Å². The van der Waals surface area contributed by atoms with E-state index in [1.54, 1.807) is 14.0 Å². The molecule has 3 nitrogen and oxygen atoms in total. The van der Waals surface area contributed by atoms with Crippen molar-refractivity contribution in [3.05, 3.63) is 42.0 Å². The summed E-state index contributed by atoms with van der Waals surface area (Å²) >= 11 is 0. The number of ether oxygens (including phenoxy) is 2. The maximum atomic E-state index is 9.96. The summed E-state index contributed by atoms with van der Waals surface area (Å²) in [5, 5.41) is 12.1. The fourth-order valence-corrected chi connectivity index (χ4v) is 2.25. The third kappa shape index (κ3) is 3.74. The highest BCUT2D eigenvalue weighted by molar-refractivity contribution is 5.89. The van der Waals surface area contributed by atoms with Crippen LogP contribution < -0.4 is 4.74 Å². The summed E-state index contributed by atoms with van der Waals surface area (Å²) in [5.74, 6) is 0.773. The van der Waals surface area contributed by atoms with Crippen LogP contribution in [-0.4, -0.2) is 24.4 Å². The number of fused-ring (bicyclic) bond motifs is 1. The first-order valence-electron chi connectivity index (χ1n) is 7.32. The number of rotatable bonds is 6. The molecule has 1 atom stereocenters. The van der Waals surface area contributed by atoms with Gasteiger partial charge in [0.05, 0.1) is 18.3 Å². The molecule has 0 unspecified atom stereocenters. The Morgan fingerprint density at radius 2 is 1.86 bits per heavy atom. The van der Waals surface area contributed by atoms with Gasteiger partial charge in [-0.15, -0.1) is 0 Å². The van der Waals surface area contributed by atoms with Crippen molar-refractivity contribution in [3.63, 3.8) is 0 Å². The van der Waals surface area contributed by atoms with Crippen LogP contribution >= 0.6 is 0 Å². The SMILES string of the molecule is COC(C)(C)CCOc1c([C@H](C)O)ccc2ccccc12. The van der Waals surface area contributed by atoms with E-state index in [-0.39, 0.29) is 5.60 Å². The molecule has 0 saturated carbocycles. The molecule has 2 aromatic carbocycles. The van der Waals surface area contributed by atoms with Gasteiger partial charge in [-0.3, -0.25) is 0 Å². The van der Waals surface area contributed by atoms with Gasteiger partial charge in [0.25, 0.3) is 0 Å². The van der Waals surface area contributed by atoms with Crippen LogP contribution in [0.1, 0.15) is 38.9 Å². The molecule has 0 radical (unpaired) electrons. The van der Waals surface area contributed by atoms with Crippen molar-refractivity contribution in [2.24, 2.45) is 0 Å². The first kappa shape index (κ1) is 15.8. The zero-order valence-electron chi connectivity index (χ0n) is 13.2. The minimum atomic E-state index is -0.556. The fourth-order valence-electron chi connectivity index (χ4n) is 2.25. The molecule has 0 aliphatic heterocycles. The molecule has 0 aliphatic carbocycles. The highest BCUT2D eigenvalue weighted by atomic mass is 16.5. The molecule has 0 heterocycles. The van der Waals surface area contributed by atoms with Gasteiger partial charge in [0.1, 0.15) is 5.75 Å². The summed E-state index contributed by atoms with van der Waals surface area (Å²) in [6, 6.07) is 12.0. The molecular weight excluding hydrogens is 264 g/mol. The van der Waals surface area contributed by atoms with Gasteiger partial charge in [0.15, 0.2) is 0 Å². The van der Waals surface area contributed by atoms with Crippen LogP contribution in [-0.2, 0) is 4.74 Å². The lowest BCUT2D eigenvalue weighted by atomic mass is 10.0. The quantitative estimate of drug-likeness (QED) is 0.870. The van der Waals surface area contributed by atoms with Crippen molar-refractivity contribution in [2.45, 2.75) is 38.9 Å². The third-order valence-corrected chi connectivity index (χ3v) is 3.86. The fraction of sp³-hybridized carbons (Fsp3) is 0.444. The minimum Gasteiger partial charge on any atom is -0.492 e. The van der Waals surface area contributed by atoms with E-state index in [4.69, 9.17) is 9.47 Å². The third-order valence-electron chi connectivity index (χ3n) is 3.86. The van der Waals surface area contributed by atoms with Crippen molar-refractivity contribution in [1.82, 2.24) is 0 Å². The molecule has 0 spiro atoms. The van der Waals surface area contributed by atoms with E-state index in [0.29, 0.717) is 6.61 Å². The lowest BCUT2D eigenvalue weighted by Crippen LogP contribution is -2.25. The Balaban J connectivity index is 2.29. The summed E-state index contributed by atoms with van der Waals surface area (Å²) in [7, 11) is 1.71. The predicted molar refractivity (Wildman–Crippen MR) is 85.8 cm³/mol. The van der Waals surface area contributed by atoms with Crippen LogP contribution in [0.3, 0.4) is 0 Å². The standard InChI is InChI=1S/C18H24O3/c1-13(19)15-10-9-14-7-5-6-8-16(14)17(15)21-12-11-18(2,3)20-4/h5-10,13,19H,11-12H2,1-4H3/t13-/m0/s1.